The van der Waals surface area contributed by atoms with E-state index in [2.05, 4.69) is 5.32 Å². The lowest BCUT2D eigenvalue weighted by Crippen LogP contribution is -2.45. The molecule has 1 aromatic rings. The molecule has 1 aliphatic rings. The molecular weight excluding hydrogens is 278 g/mol. The summed E-state index contributed by atoms with van der Waals surface area (Å²) in [5.74, 6) is 0.0635. The van der Waals surface area contributed by atoms with Crippen LogP contribution in [0, 0.1) is 5.92 Å². The first-order chi connectivity index (χ1) is 9.45. The maximum absolute atomic E-state index is 12.0. The molecule has 1 saturated heterocycles. The van der Waals surface area contributed by atoms with Crippen LogP contribution in [0.1, 0.15) is 13.3 Å². The van der Waals surface area contributed by atoms with Gasteiger partial charge in [-0.25, -0.2) is 0 Å². The third kappa shape index (κ3) is 3.85. The number of nitrogen functional groups attached to an aromatic ring is 1. The van der Waals surface area contributed by atoms with E-state index in [1.54, 1.807) is 18.2 Å². The molecule has 2 unspecified atom stereocenters. The third-order valence-electron chi connectivity index (χ3n) is 3.58. The second kappa shape index (κ2) is 6.43. The number of likely N-dealkylation sites (tertiary alicyclic amines) is 1. The van der Waals surface area contributed by atoms with Gasteiger partial charge in [-0.15, -0.1) is 0 Å². The first-order valence-corrected chi connectivity index (χ1v) is 7.09. The molecule has 0 radical (unpaired) electrons. The Balaban J connectivity index is 1.91. The summed E-state index contributed by atoms with van der Waals surface area (Å²) in [6, 6.07) is 4.99. The highest BCUT2D eigenvalue weighted by Gasteiger charge is 2.25. The Hall–Kier alpha value is -1.30. The van der Waals surface area contributed by atoms with E-state index in [9.17, 15) is 9.90 Å². The largest absolute Gasteiger partial charge is 0.399 e. The minimum absolute atomic E-state index is 0.124. The van der Waals surface area contributed by atoms with E-state index in [1.165, 1.54) is 0 Å². The van der Waals surface area contributed by atoms with Gasteiger partial charge in [0.05, 0.1) is 23.4 Å². The van der Waals surface area contributed by atoms with E-state index in [4.69, 9.17) is 17.3 Å². The van der Waals surface area contributed by atoms with Crippen molar-refractivity contribution in [2.75, 3.05) is 30.7 Å². The molecule has 1 amide bonds. The van der Waals surface area contributed by atoms with Gasteiger partial charge in [-0.05, 0) is 30.5 Å². The first-order valence-electron chi connectivity index (χ1n) is 6.71. The zero-order valence-electron chi connectivity index (χ0n) is 11.5. The molecule has 0 aromatic heterocycles. The number of aliphatic hydroxyl groups excluding tert-OH is 1. The SMILES string of the molecule is CC1CN(CC(=O)Nc2cc(N)ccc2Cl)CCC1O. The molecule has 110 valence electrons. The summed E-state index contributed by atoms with van der Waals surface area (Å²) in [4.78, 5) is 14.1. The van der Waals surface area contributed by atoms with Crippen molar-refractivity contribution in [3.05, 3.63) is 23.2 Å². The summed E-state index contributed by atoms with van der Waals surface area (Å²) >= 11 is 6.01. The van der Waals surface area contributed by atoms with Gasteiger partial charge in [0.1, 0.15) is 0 Å². The quantitative estimate of drug-likeness (QED) is 0.740. The Kier molecular flexibility index (Phi) is 4.86. The average Bonchev–Trinajstić information content (AvgIpc) is 2.38. The molecular formula is C14H20ClN3O2. The van der Waals surface area contributed by atoms with E-state index < -0.39 is 0 Å². The van der Waals surface area contributed by atoms with E-state index in [0.29, 0.717) is 29.4 Å². The fourth-order valence-corrected chi connectivity index (χ4v) is 2.56. The highest BCUT2D eigenvalue weighted by atomic mass is 35.5. The van der Waals surface area contributed by atoms with Crippen molar-refractivity contribution in [3.63, 3.8) is 0 Å². The second-order valence-corrected chi connectivity index (χ2v) is 5.76. The summed E-state index contributed by atoms with van der Waals surface area (Å²) in [6.07, 6.45) is 0.436. The Morgan fingerprint density at radius 3 is 3.05 bits per heavy atom. The molecule has 6 heteroatoms. The predicted octanol–water partition coefficient (Wildman–Crippen LogP) is 1.56. The van der Waals surface area contributed by atoms with Crippen LogP contribution in [0.25, 0.3) is 0 Å². The number of aliphatic hydroxyl groups is 1. The molecule has 1 aromatic carbocycles. The van der Waals surface area contributed by atoms with Gasteiger partial charge >= 0.3 is 0 Å². The van der Waals surface area contributed by atoms with Crippen LogP contribution in [0.2, 0.25) is 5.02 Å². The number of hydrogen-bond acceptors (Lipinski definition) is 4. The topological polar surface area (TPSA) is 78.6 Å². The molecule has 0 aliphatic carbocycles. The fraction of sp³-hybridized carbons (Fsp3) is 0.500. The zero-order valence-corrected chi connectivity index (χ0v) is 12.2. The summed E-state index contributed by atoms with van der Waals surface area (Å²) in [5.41, 5.74) is 6.76. The highest BCUT2D eigenvalue weighted by molar-refractivity contribution is 6.33. The van der Waals surface area contributed by atoms with Crippen molar-refractivity contribution in [3.8, 4) is 0 Å². The van der Waals surface area contributed by atoms with Gasteiger partial charge in [0, 0.05) is 18.8 Å². The van der Waals surface area contributed by atoms with E-state index in [1.807, 2.05) is 11.8 Å². The van der Waals surface area contributed by atoms with Crippen molar-refractivity contribution in [1.82, 2.24) is 4.90 Å². The van der Waals surface area contributed by atoms with Gasteiger partial charge in [-0.3, -0.25) is 9.69 Å². The minimum atomic E-state index is -0.266. The van der Waals surface area contributed by atoms with Crippen LogP contribution in [0.4, 0.5) is 11.4 Å². The molecule has 5 nitrogen and oxygen atoms in total. The Morgan fingerprint density at radius 2 is 2.35 bits per heavy atom. The molecule has 0 bridgehead atoms. The Bertz CT molecular complexity index is 495. The molecule has 1 heterocycles. The maximum atomic E-state index is 12.0. The number of nitrogens with one attached hydrogen (secondary N) is 1. The Morgan fingerprint density at radius 1 is 1.60 bits per heavy atom. The number of carbonyl (C=O) groups excluding carboxylic acids is 1. The van der Waals surface area contributed by atoms with Gasteiger partial charge < -0.3 is 16.2 Å². The normalized spacial score (nSPS) is 23.6. The lowest BCUT2D eigenvalue weighted by atomic mass is 9.97. The van der Waals surface area contributed by atoms with Crippen LogP contribution in [0.5, 0.6) is 0 Å². The number of hydrogen-bond donors (Lipinski definition) is 3. The van der Waals surface area contributed by atoms with Crippen LogP contribution in [0.3, 0.4) is 0 Å². The zero-order chi connectivity index (χ0) is 14.7. The van der Waals surface area contributed by atoms with Crippen molar-refractivity contribution in [2.45, 2.75) is 19.4 Å². The Labute approximate surface area is 123 Å². The van der Waals surface area contributed by atoms with Crippen molar-refractivity contribution < 1.29 is 9.90 Å². The number of piperidine rings is 1. The third-order valence-corrected chi connectivity index (χ3v) is 3.91. The summed E-state index contributed by atoms with van der Waals surface area (Å²) in [6.45, 7) is 3.73. The van der Waals surface area contributed by atoms with E-state index >= 15 is 0 Å². The lowest BCUT2D eigenvalue weighted by Gasteiger charge is -2.33. The number of anilines is 2. The lowest BCUT2D eigenvalue weighted by molar-refractivity contribution is -0.118. The van der Waals surface area contributed by atoms with Gasteiger partial charge in [0.15, 0.2) is 0 Å². The summed E-state index contributed by atoms with van der Waals surface area (Å²) in [7, 11) is 0. The van der Waals surface area contributed by atoms with Gasteiger partial charge in [-0.1, -0.05) is 18.5 Å². The smallest absolute Gasteiger partial charge is 0.238 e. The van der Waals surface area contributed by atoms with Crippen LogP contribution in [-0.2, 0) is 4.79 Å². The molecule has 0 spiro atoms. The number of benzene rings is 1. The predicted molar refractivity (Wildman–Crippen MR) is 80.7 cm³/mol. The highest BCUT2D eigenvalue weighted by Crippen LogP contribution is 2.24. The molecule has 4 N–H and O–H groups in total. The molecule has 0 saturated carbocycles. The van der Waals surface area contributed by atoms with E-state index in [0.717, 1.165) is 13.1 Å². The van der Waals surface area contributed by atoms with Crippen molar-refractivity contribution >= 4 is 28.9 Å². The van der Waals surface area contributed by atoms with E-state index in [-0.39, 0.29) is 17.9 Å². The average molecular weight is 298 g/mol. The fourth-order valence-electron chi connectivity index (χ4n) is 2.39. The summed E-state index contributed by atoms with van der Waals surface area (Å²) < 4.78 is 0. The number of nitrogens with zero attached hydrogens (tertiary/aromatic N) is 1. The molecule has 1 fully saturated rings. The van der Waals surface area contributed by atoms with Crippen LogP contribution in [-0.4, -0.2) is 41.7 Å². The minimum Gasteiger partial charge on any atom is -0.399 e. The van der Waals surface area contributed by atoms with Crippen LogP contribution in [0.15, 0.2) is 18.2 Å². The first kappa shape index (κ1) is 15.1. The van der Waals surface area contributed by atoms with Gasteiger partial charge in [0.2, 0.25) is 5.91 Å². The van der Waals surface area contributed by atoms with Crippen LogP contribution >= 0.6 is 11.6 Å². The van der Waals surface area contributed by atoms with Crippen molar-refractivity contribution in [1.29, 1.82) is 0 Å². The number of amides is 1. The number of rotatable bonds is 3. The second-order valence-electron chi connectivity index (χ2n) is 5.36. The standard InChI is InChI=1S/C14H20ClN3O2/c1-9-7-18(5-4-13(9)19)8-14(20)17-12-6-10(16)2-3-11(12)15/h2-3,6,9,13,19H,4-5,7-8,16H2,1H3,(H,17,20). The van der Waals surface area contributed by atoms with Crippen LogP contribution < -0.4 is 11.1 Å². The maximum Gasteiger partial charge on any atom is 0.238 e. The molecule has 1 aliphatic heterocycles. The molecule has 2 atom stereocenters. The molecule has 2 rings (SSSR count). The van der Waals surface area contributed by atoms with Crippen molar-refractivity contribution in [2.24, 2.45) is 5.92 Å². The molecule has 20 heavy (non-hydrogen) atoms. The number of nitrogens with two attached hydrogens (primary N) is 1. The number of carbonyl (C=O) groups is 1. The van der Waals surface area contributed by atoms with Gasteiger partial charge in [0.25, 0.3) is 0 Å². The monoisotopic (exact) mass is 297 g/mol. The van der Waals surface area contributed by atoms with Gasteiger partial charge in [-0.2, -0.15) is 0 Å². The number of halogens is 1. The summed E-state index contributed by atoms with van der Waals surface area (Å²) in [5, 5.41) is 12.9.